The lowest BCUT2D eigenvalue weighted by Crippen LogP contribution is -2.15. The van der Waals surface area contributed by atoms with Gasteiger partial charge in [0.1, 0.15) is 11.6 Å². The second kappa shape index (κ2) is 5.53. The first-order valence-corrected chi connectivity index (χ1v) is 7.87. The molecule has 3 aromatic rings. The van der Waals surface area contributed by atoms with E-state index in [9.17, 15) is 4.39 Å². The number of nitrogens with two attached hydrogens (primary N) is 1. The van der Waals surface area contributed by atoms with Crippen LogP contribution in [0.5, 0.6) is 0 Å². The van der Waals surface area contributed by atoms with E-state index in [-0.39, 0.29) is 5.82 Å². The van der Waals surface area contributed by atoms with Crippen LogP contribution in [-0.2, 0) is 0 Å². The summed E-state index contributed by atoms with van der Waals surface area (Å²) in [4.78, 5) is 4.31. The number of fused-ring (bicyclic) bond motifs is 1. The minimum absolute atomic E-state index is 0.305. The van der Waals surface area contributed by atoms with Gasteiger partial charge in [0.15, 0.2) is 0 Å². The normalized spacial score (nSPS) is 15.3. The maximum atomic E-state index is 14.7. The zero-order chi connectivity index (χ0) is 15.8. The van der Waals surface area contributed by atoms with Crippen molar-refractivity contribution in [2.75, 3.05) is 11.1 Å². The van der Waals surface area contributed by atoms with E-state index >= 15 is 0 Å². The molecule has 2 heterocycles. The Bertz CT molecular complexity index is 838. The third kappa shape index (κ3) is 2.60. The minimum Gasteiger partial charge on any atom is -0.384 e. The molecule has 0 atom stereocenters. The summed E-state index contributed by atoms with van der Waals surface area (Å²) >= 11 is 0. The molecule has 118 valence electrons. The molecule has 1 aromatic carbocycles. The quantitative estimate of drug-likeness (QED) is 0.689. The number of nitrogens with zero attached hydrogens (tertiary/aromatic N) is 2. The van der Waals surface area contributed by atoms with Crippen molar-refractivity contribution < 1.29 is 4.39 Å². The topological polar surface area (TPSA) is 79.6 Å². The zero-order valence-corrected chi connectivity index (χ0v) is 12.6. The van der Waals surface area contributed by atoms with Gasteiger partial charge in [-0.05, 0) is 31.0 Å². The number of H-pyrrole nitrogens is 1. The second-order valence-electron chi connectivity index (χ2n) is 6.04. The molecule has 23 heavy (non-hydrogen) atoms. The SMILES string of the molecule is Nc1cc(NC2CCCC2)c2c(F)cc(-c3ccn[nH]3)cc2n1. The lowest BCUT2D eigenvalue weighted by molar-refractivity contribution is 0.639. The summed E-state index contributed by atoms with van der Waals surface area (Å²) in [5.74, 6) is 0.0826. The van der Waals surface area contributed by atoms with Crippen molar-refractivity contribution in [2.45, 2.75) is 31.7 Å². The number of aromatic nitrogens is 3. The highest BCUT2D eigenvalue weighted by molar-refractivity contribution is 5.95. The van der Waals surface area contributed by atoms with E-state index in [1.165, 1.54) is 18.9 Å². The third-order valence-corrected chi connectivity index (χ3v) is 4.41. The summed E-state index contributed by atoms with van der Waals surface area (Å²) in [6.07, 6.45) is 6.28. The lowest BCUT2D eigenvalue weighted by Gasteiger charge is -2.17. The molecule has 0 saturated heterocycles. The number of rotatable bonds is 3. The van der Waals surface area contributed by atoms with Crippen molar-refractivity contribution in [3.63, 3.8) is 0 Å². The molecule has 0 bridgehead atoms. The Morgan fingerprint density at radius 2 is 2.04 bits per heavy atom. The highest BCUT2D eigenvalue weighted by Gasteiger charge is 2.18. The van der Waals surface area contributed by atoms with Gasteiger partial charge in [-0.15, -0.1) is 0 Å². The molecule has 1 aliphatic rings. The highest BCUT2D eigenvalue weighted by atomic mass is 19.1. The fraction of sp³-hybridized carbons (Fsp3) is 0.294. The minimum atomic E-state index is -0.305. The van der Waals surface area contributed by atoms with E-state index in [0.29, 0.717) is 28.3 Å². The van der Waals surface area contributed by atoms with E-state index in [1.807, 2.05) is 6.07 Å². The Labute approximate surface area is 133 Å². The molecule has 4 N–H and O–H groups in total. The third-order valence-electron chi connectivity index (χ3n) is 4.41. The number of nitrogen functional groups attached to an aromatic ring is 1. The fourth-order valence-electron chi connectivity index (χ4n) is 3.31. The predicted octanol–water partition coefficient (Wildman–Crippen LogP) is 3.70. The Hall–Kier alpha value is -2.63. The maximum Gasteiger partial charge on any atom is 0.135 e. The van der Waals surface area contributed by atoms with E-state index in [0.717, 1.165) is 24.2 Å². The van der Waals surface area contributed by atoms with Crippen LogP contribution in [0.4, 0.5) is 15.9 Å². The first kappa shape index (κ1) is 14.0. The van der Waals surface area contributed by atoms with Crippen molar-refractivity contribution in [3.05, 3.63) is 36.3 Å². The number of anilines is 2. The van der Waals surface area contributed by atoms with E-state index < -0.39 is 0 Å². The summed E-state index contributed by atoms with van der Waals surface area (Å²) in [5.41, 5.74) is 8.66. The van der Waals surface area contributed by atoms with Crippen molar-refractivity contribution in [1.82, 2.24) is 15.2 Å². The number of nitrogens with one attached hydrogen (secondary N) is 2. The Kier molecular flexibility index (Phi) is 3.37. The first-order chi connectivity index (χ1) is 11.2. The summed E-state index contributed by atoms with van der Waals surface area (Å²) in [6.45, 7) is 0. The van der Waals surface area contributed by atoms with Gasteiger partial charge in [-0.3, -0.25) is 5.10 Å². The number of halogens is 1. The zero-order valence-electron chi connectivity index (χ0n) is 12.6. The molecule has 0 aliphatic heterocycles. The molecule has 1 fully saturated rings. The van der Waals surface area contributed by atoms with Gasteiger partial charge in [0.05, 0.1) is 22.3 Å². The number of hydrogen-bond acceptors (Lipinski definition) is 4. The van der Waals surface area contributed by atoms with E-state index in [2.05, 4.69) is 20.5 Å². The molecule has 2 aromatic heterocycles. The summed E-state index contributed by atoms with van der Waals surface area (Å²) < 4.78 is 14.7. The van der Waals surface area contributed by atoms with Gasteiger partial charge in [0.2, 0.25) is 0 Å². The monoisotopic (exact) mass is 311 g/mol. The van der Waals surface area contributed by atoms with Crippen molar-refractivity contribution in [2.24, 2.45) is 0 Å². The molecule has 0 amide bonds. The van der Waals surface area contributed by atoms with Crippen LogP contribution in [-0.4, -0.2) is 21.2 Å². The van der Waals surface area contributed by atoms with E-state index in [1.54, 1.807) is 18.3 Å². The Balaban J connectivity index is 1.84. The molecule has 4 rings (SSSR count). The first-order valence-electron chi connectivity index (χ1n) is 7.87. The van der Waals surface area contributed by atoms with Gasteiger partial charge in [-0.1, -0.05) is 12.8 Å². The summed E-state index contributed by atoms with van der Waals surface area (Å²) in [6, 6.07) is 7.24. The standard InChI is InChI=1S/C17H18FN5/c18-12-7-10(13-5-6-20-23-13)8-14-17(12)15(9-16(19)22-14)21-11-3-1-2-4-11/h5-9,11H,1-4H2,(H,20,23)(H3,19,21,22). The average molecular weight is 311 g/mol. The van der Waals surface area contributed by atoms with Crippen molar-refractivity contribution in [3.8, 4) is 11.3 Å². The molecule has 6 heteroatoms. The van der Waals surface area contributed by atoms with Crippen molar-refractivity contribution >= 4 is 22.4 Å². The Morgan fingerprint density at radius 1 is 1.22 bits per heavy atom. The molecular weight excluding hydrogens is 293 g/mol. The Morgan fingerprint density at radius 3 is 2.78 bits per heavy atom. The van der Waals surface area contributed by atoms with Gasteiger partial charge in [-0.2, -0.15) is 5.10 Å². The molecule has 1 saturated carbocycles. The van der Waals surface area contributed by atoms with Crippen LogP contribution >= 0.6 is 0 Å². The van der Waals surface area contributed by atoms with Crippen molar-refractivity contribution in [1.29, 1.82) is 0 Å². The van der Waals surface area contributed by atoms with Crippen LogP contribution in [0.15, 0.2) is 30.5 Å². The molecular formula is C17H18FN5. The number of benzene rings is 1. The van der Waals surface area contributed by atoms with Gasteiger partial charge in [0.25, 0.3) is 0 Å². The van der Waals surface area contributed by atoms with Crippen LogP contribution < -0.4 is 11.1 Å². The number of hydrogen-bond donors (Lipinski definition) is 3. The smallest absolute Gasteiger partial charge is 0.135 e. The largest absolute Gasteiger partial charge is 0.384 e. The highest BCUT2D eigenvalue weighted by Crippen LogP contribution is 2.33. The van der Waals surface area contributed by atoms with Crippen LogP contribution in [0, 0.1) is 5.82 Å². The molecule has 0 unspecified atom stereocenters. The number of aromatic amines is 1. The summed E-state index contributed by atoms with van der Waals surface area (Å²) in [7, 11) is 0. The predicted molar refractivity (Wildman–Crippen MR) is 89.6 cm³/mol. The van der Waals surface area contributed by atoms with Crippen LogP contribution in [0.2, 0.25) is 0 Å². The van der Waals surface area contributed by atoms with E-state index in [4.69, 9.17) is 5.73 Å². The second-order valence-corrected chi connectivity index (χ2v) is 6.04. The molecule has 1 aliphatic carbocycles. The van der Waals surface area contributed by atoms with Gasteiger partial charge < -0.3 is 11.1 Å². The summed E-state index contributed by atoms with van der Waals surface area (Å²) in [5, 5.41) is 10.7. The molecule has 0 radical (unpaired) electrons. The van der Waals surface area contributed by atoms with Crippen LogP contribution in [0.25, 0.3) is 22.2 Å². The van der Waals surface area contributed by atoms with Gasteiger partial charge in [0, 0.05) is 23.9 Å². The van der Waals surface area contributed by atoms with Gasteiger partial charge >= 0.3 is 0 Å². The van der Waals surface area contributed by atoms with Gasteiger partial charge in [-0.25, -0.2) is 9.37 Å². The average Bonchev–Trinajstić information content (AvgIpc) is 3.19. The molecule has 5 nitrogen and oxygen atoms in total. The number of pyridine rings is 1. The maximum absolute atomic E-state index is 14.7. The van der Waals surface area contributed by atoms with Crippen LogP contribution in [0.1, 0.15) is 25.7 Å². The van der Waals surface area contributed by atoms with Crippen LogP contribution in [0.3, 0.4) is 0 Å². The fourth-order valence-corrected chi connectivity index (χ4v) is 3.31. The molecule has 0 spiro atoms. The lowest BCUT2D eigenvalue weighted by atomic mass is 10.1.